The van der Waals surface area contributed by atoms with Gasteiger partial charge in [0.05, 0.1) is 18.1 Å². The summed E-state index contributed by atoms with van der Waals surface area (Å²) in [5.41, 5.74) is 2.38. The quantitative estimate of drug-likeness (QED) is 0.624. The largest absolute Gasteiger partial charge is 0.497 e. The molecule has 1 saturated carbocycles. The molecule has 28 heavy (non-hydrogen) atoms. The van der Waals surface area contributed by atoms with Crippen molar-refractivity contribution in [1.82, 2.24) is 9.55 Å². The summed E-state index contributed by atoms with van der Waals surface area (Å²) in [6.07, 6.45) is 3.12. The highest BCUT2D eigenvalue weighted by Gasteiger charge is 2.29. The molecule has 1 amide bonds. The molecule has 4 rings (SSSR count). The lowest BCUT2D eigenvalue weighted by Crippen LogP contribution is -2.31. The number of H-pyrrole nitrogens is 1. The topological polar surface area (TPSA) is 76.1 Å². The van der Waals surface area contributed by atoms with Crippen LogP contribution in [-0.2, 0) is 4.79 Å². The number of para-hydroxylation sites is 1. The van der Waals surface area contributed by atoms with Gasteiger partial charge in [-0.05, 0) is 65.9 Å². The summed E-state index contributed by atoms with van der Waals surface area (Å²) in [6, 6.07) is 13.3. The van der Waals surface area contributed by atoms with Crippen LogP contribution < -0.4 is 15.7 Å². The minimum atomic E-state index is -0.0915. The van der Waals surface area contributed by atoms with Crippen LogP contribution in [0.25, 0.3) is 11.0 Å². The number of aromatic nitrogens is 2. The Labute approximate surface area is 171 Å². The summed E-state index contributed by atoms with van der Waals surface area (Å²) in [4.78, 5) is 28.1. The van der Waals surface area contributed by atoms with E-state index in [-0.39, 0.29) is 23.6 Å². The fourth-order valence-corrected chi connectivity index (χ4v) is 4.47. The highest BCUT2D eigenvalue weighted by Crippen LogP contribution is 2.34. The number of aromatic amines is 1. The summed E-state index contributed by atoms with van der Waals surface area (Å²) in [7, 11) is 1.60. The Morgan fingerprint density at radius 1 is 1.18 bits per heavy atom. The van der Waals surface area contributed by atoms with Crippen molar-refractivity contribution < 1.29 is 9.53 Å². The first-order valence-corrected chi connectivity index (χ1v) is 10.2. The minimum Gasteiger partial charge on any atom is -0.497 e. The van der Waals surface area contributed by atoms with Crippen LogP contribution in [0.3, 0.4) is 0 Å². The average molecular weight is 444 g/mol. The highest BCUT2D eigenvalue weighted by atomic mass is 79.9. The van der Waals surface area contributed by atoms with Crippen molar-refractivity contribution >= 4 is 38.6 Å². The van der Waals surface area contributed by atoms with Crippen molar-refractivity contribution in [3.63, 3.8) is 0 Å². The lowest BCUT2D eigenvalue weighted by molar-refractivity contribution is -0.121. The number of methoxy groups -OCH3 is 1. The van der Waals surface area contributed by atoms with E-state index in [1.165, 1.54) is 0 Å². The Morgan fingerprint density at radius 3 is 2.68 bits per heavy atom. The van der Waals surface area contributed by atoms with Gasteiger partial charge in [0.15, 0.2) is 0 Å². The monoisotopic (exact) mass is 443 g/mol. The van der Waals surface area contributed by atoms with Crippen LogP contribution in [0.5, 0.6) is 5.75 Å². The van der Waals surface area contributed by atoms with Crippen molar-refractivity contribution in [1.29, 1.82) is 0 Å². The number of fused-ring (bicyclic) bond motifs is 1. The van der Waals surface area contributed by atoms with Crippen molar-refractivity contribution in [2.45, 2.75) is 31.7 Å². The Hall–Kier alpha value is -2.54. The molecule has 0 unspecified atom stereocenters. The van der Waals surface area contributed by atoms with Crippen LogP contribution >= 0.6 is 15.9 Å². The first kappa shape index (κ1) is 18.8. The highest BCUT2D eigenvalue weighted by molar-refractivity contribution is 9.10. The van der Waals surface area contributed by atoms with Gasteiger partial charge in [-0.15, -0.1) is 0 Å². The lowest BCUT2D eigenvalue weighted by Gasteiger charge is -2.28. The molecule has 1 aromatic heterocycles. The molecule has 0 radical (unpaired) electrons. The van der Waals surface area contributed by atoms with E-state index in [2.05, 4.69) is 26.2 Å². The number of imidazole rings is 1. The lowest BCUT2D eigenvalue weighted by atomic mass is 9.85. The minimum absolute atomic E-state index is 0.0284. The summed E-state index contributed by atoms with van der Waals surface area (Å²) in [6.45, 7) is 0. The van der Waals surface area contributed by atoms with Gasteiger partial charge in [-0.2, -0.15) is 0 Å². The smallest absolute Gasteiger partial charge is 0.326 e. The third-order valence-electron chi connectivity index (χ3n) is 5.47. The zero-order valence-corrected chi connectivity index (χ0v) is 17.2. The summed E-state index contributed by atoms with van der Waals surface area (Å²) < 4.78 is 7.93. The molecule has 146 valence electrons. The number of nitrogens with zero attached hydrogens (tertiary/aromatic N) is 1. The van der Waals surface area contributed by atoms with E-state index >= 15 is 0 Å². The van der Waals surface area contributed by atoms with Gasteiger partial charge in [0, 0.05) is 28.2 Å². The molecule has 1 aliphatic rings. The molecule has 1 heterocycles. The molecule has 2 N–H and O–H groups in total. The Bertz CT molecular complexity index is 1060. The molecule has 1 fully saturated rings. The van der Waals surface area contributed by atoms with E-state index in [9.17, 15) is 9.59 Å². The molecule has 7 heteroatoms. The summed E-state index contributed by atoms with van der Waals surface area (Å²) >= 11 is 3.49. The maximum absolute atomic E-state index is 12.7. The van der Waals surface area contributed by atoms with Crippen molar-refractivity contribution in [2.24, 2.45) is 5.92 Å². The summed E-state index contributed by atoms with van der Waals surface area (Å²) in [5.74, 6) is 0.696. The van der Waals surface area contributed by atoms with Gasteiger partial charge < -0.3 is 15.0 Å². The van der Waals surface area contributed by atoms with Crippen LogP contribution in [0.2, 0.25) is 0 Å². The van der Waals surface area contributed by atoms with Gasteiger partial charge in [-0.25, -0.2) is 4.79 Å². The third-order valence-corrected chi connectivity index (χ3v) is 6.13. The number of halogens is 1. The number of hydrogen-bond acceptors (Lipinski definition) is 3. The van der Waals surface area contributed by atoms with Gasteiger partial charge >= 0.3 is 5.69 Å². The maximum atomic E-state index is 12.7. The first-order valence-electron chi connectivity index (χ1n) is 9.40. The van der Waals surface area contributed by atoms with Crippen LogP contribution in [-0.4, -0.2) is 22.6 Å². The molecule has 0 spiro atoms. The molecule has 2 aromatic carbocycles. The number of ether oxygens (including phenoxy) is 1. The zero-order valence-electron chi connectivity index (χ0n) is 15.6. The molecule has 0 bridgehead atoms. The van der Waals surface area contributed by atoms with Crippen molar-refractivity contribution in [2.75, 3.05) is 12.4 Å². The van der Waals surface area contributed by atoms with E-state index in [1.54, 1.807) is 7.11 Å². The van der Waals surface area contributed by atoms with E-state index in [1.807, 2.05) is 47.0 Å². The van der Waals surface area contributed by atoms with Crippen molar-refractivity contribution in [3.05, 3.63) is 57.4 Å². The average Bonchev–Trinajstić information content (AvgIpc) is 3.05. The fourth-order valence-electron chi connectivity index (χ4n) is 4.02. The van der Waals surface area contributed by atoms with Crippen LogP contribution in [0, 0.1) is 5.92 Å². The van der Waals surface area contributed by atoms with Gasteiger partial charge in [0.25, 0.3) is 0 Å². The van der Waals surface area contributed by atoms with E-state index in [0.29, 0.717) is 5.75 Å². The number of carbonyl (C=O) groups excluding carboxylic acids is 1. The third kappa shape index (κ3) is 3.58. The van der Waals surface area contributed by atoms with E-state index < -0.39 is 0 Å². The number of amides is 1. The van der Waals surface area contributed by atoms with Gasteiger partial charge in [0.1, 0.15) is 5.75 Å². The predicted octanol–water partition coefficient (Wildman–Crippen LogP) is 4.47. The van der Waals surface area contributed by atoms with Crippen LogP contribution in [0.15, 0.2) is 51.7 Å². The molecule has 0 saturated heterocycles. The predicted molar refractivity (Wildman–Crippen MR) is 113 cm³/mol. The standard InChI is InChI=1S/C21H22BrN3O3/c1-28-16-5-2-4-14(12-16)23-20(26)13-8-10-15(11-9-13)25-18-7-3-6-17(22)19(18)24-21(25)27/h2-7,12-13,15H,8-11H2,1H3,(H,23,26)(H,24,27)/t13-,15+. The first-order chi connectivity index (χ1) is 13.6. The normalized spacial score (nSPS) is 19.5. The Morgan fingerprint density at radius 2 is 1.93 bits per heavy atom. The van der Waals surface area contributed by atoms with E-state index in [4.69, 9.17) is 4.74 Å². The zero-order chi connectivity index (χ0) is 19.7. The number of hydrogen-bond donors (Lipinski definition) is 2. The number of benzene rings is 2. The van der Waals surface area contributed by atoms with Crippen LogP contribution in [0.4, 0.5) is 5.69 Å². The number of rotatable bonds is 4. The summed E-state index contributed by atoms with van der Waals surface area (Å²) in [5, 5.41) is 2.98. The SMILES string of the molecule is COc1cccc(NC(=O)[C@H]2CC[C@@H](n3c(=O)[nH]c4c(Br)cccc43)CC2)c1. The molecule has 3 aromatic rings. The molecule has 0 atom stereocenters. The van der Waals surface area contributed by atoms with Crippen LogP contribution in [0.1, 0.15) is 31.7 Å². The van der Waals surface area contributed by atoms with Gasteiger partial charge in [-0.1, -0.05) is 12.1 Å². The second-order valence-corrected chi connectivity index (χ2v) is 8.02. The van der Waals surface area contributed by atoms with Crippen molar-refractivity contribution in [3.8, 4) is 5.75 Å². The maximum Gasteiger partial charge on any atom is 0.326 e. The Kier molecular flexibility index (Phi) is 5.26. The second kappa shape index (κ2) is 7.83. The molecular weight excluding hydrogens is 422 g/mol. The molecule has 0 aliphatic heterocycles. The molecular formula is C21H22BrN3O3. The fraction of sp³-hybridized carbons (Fsp3) is 0.333. The number of carbonyl (C=O) groups is 1. The van der Waals surface area contributed by atoms with E-state index in [0.717, 1.165) is 46.9 Å². The van der Waals surface area contributed by atoms with Gasteiger partial charge in [-0.3, -0.25) is 9.36 Å². The molecule has 1 aliphatic carbocycles. The molecule has 6 nitrogen and oxygen atoms in total. The van der Waals surface area contributed by atoms with Gasteiger partial charge in [0.2, 0.25) is 5.91 Å². The second-order valence-electron chi connectivity index (χ2n) is 7.16. The Balaban J connectivity index is 1.45. The number of anilines is 1. The number of nitrogens with one attached hydrogen (secondary N) is 2.